The lowest BCUT2D eigenvalue weighted by Crippen LogP contribution is -2.09. The summed E-state index contributed by atoms with van der Waals surface area (Å²) < 4.78 is 10.5. The Labute approximate surface area is 156 Å². The monoisotopic (exact) mass is 374 g/mol. The number of amides is 1. The average molecular weight is 374 g/mol. The average Bonchev–Trinajstić information content (AvgIpc) is 2.99. The fraction of sp³-hybridized carbons (Fsp3) is 0.316. The number of nitrogens with one attached hydrogen (secondary N) is 1. The van der Waals surface area contributed by atoms with Crippen molar-refractivity contribution in [3.63, 3.8) is 0 Å². The van der Waals surface area contributed by atoms with E-state index >= 15 is 0 Å². The first-order chi connectivity index (χ1) is 12.5. The van der Waals surface area contributed by atoms with Crippen LogP contribution in [0.25, 0.3) is 6.08 Å². The summed E-state index contributed by atoms with van der Waals surface area (Å²) in [7, 11) is 0. The van der Waals surface area contributed by atoms with E-state index in [1.165, 1.54) is 17.4 Å². The lowest BCUT2D eigenvalue weighted by molar-refractivity contribution is -0.142. The van der Waals surface area contributed by atoms with Crippen molar-refractivity contribution in [2.75, 3.05) is 11.9 Å². The molecule has 0 fully saturated rings. The third-order valence-electron chi connectivity index (χ3n) is 3.07. The van der Waals surface area contributed by atoms with E-state index in [1.54, 1.807) is 18.4 Å². The van der Waals surface area contributed by atoms with E-state index in [0.29, 0.717) is 17.4 Å². The Balaban J connectivity index is 1.91. The molecule has 1 aromatic carbocycles. The molecule has 6 nitrogen and oxygen atoms in total. The summed E-state index contributed by atoms with van der Waals surface area (Å²) in [4.78, 5) is 27.7. The number of nitrogens with zero attached hydrogens (tertiary/aromatic N) is 1. The number of ether oxygens (including phenoxy) is 2. The molecule has 0 aliphatic rings. The molecule has 138 valence electrons. The summed E-state index contributed by atoms with van der Waals surface area (Å²) in [5.74, 6) is 0.127. The summed E-state index contributed by atoms with van der Waals surface area (Å²) in [6, 6.07) is 7.50. The maximum atomic E-state index is 12.0. The maximum Gasteiger partial charge on any atom is 0.311 e. The van der Waals surface area contributed by atoms with Gasteiger partial charge in [-0.05, 0) is 44.5 Å². The van der Waals surface area contributed by atoms with Crippen LogP contribution >= 0.6 is 11.3 Å². The molecule has 0 atom stereocenters. The molecular formula is C19H22N2O4S. The lowest BCUT2D eigenvalue weighted by atomic mass is 10.2. The highest BCUT2D eigenvalue weighted by Crippen LogP contribution is 2.18. The summed E-state index contributed by atoms with van der Waals surface area (Å²) in [6.45, 7) is 6.00. The zero-order chi connectivity index (χ0) is 18.9. The van der Waals surface area contributed by atoms with Gasteiger partial charge in [-0.3, -0.25) is 14.9 Å². The normalized spacial score (nSPS) is 10.9. The molecule has 0 radical (unpaired) electrons. The Bertz CT molecular complexity index is 783. The summed E-state index contributed by atoms with van der Waals surface area (Å²) in [5.41, 5.74) is 1.44. The lowest BCUT2D eigenvalue weighted by Gasteiger charge is -2.09. The van der Waals surface area contributed by atoms with Crippen molar-refractivity contribution in [3.8, 4) is 5.75 Å². The van der Waals surface area contributed by atoms with Crippen LogP contribution in [0.15, 0.2) is 35.7 Å². The van der Waals surface area contributed by atoms with E-state index < -0.39 is 0 Å². The standard InChI is InChI=1S/C19H22N2O4S/c1-4-24-18(23)11-15-12-26-19(20-15)21-17(22)9-8-14-6-5-7-16(10-14)25-13(2)3/h5-10,12-13H,4,11H2,1-3H3,(H,20,21,22)/b9-8+. The van der Waals surface area contributed by atoms with Crippen molar-refractivity contribution in [1.29, 1.82) is 0 Å². The van der Waals surface area contributed by atoms with E-state index in [9.17, 15) is 9.59 Å². The van der Waals surface area contributed by atoms with Gasteiger partial charge < -0.3 is 9.47 Å². The summed E-state index contributed by atoms with van der Waals surface area (Å²) in [6.07, 6.45) is 3.32. The number of benzene rings is 1. The third-order valence-corrected chi connectivity index (χ3v) is 3.88. The van der Waals surface area contributed by atoms with Crippen LogP contribution in [0.2, 0.25) is 0 Å². The van der Waals surface area contributed by atoms with Gasteiger partial charge in [0.1, 0.15) is 5.75 Å². The highest BCUT2D eigenvalue weighted by Gasteiger charge is 2.09. The minimum Gasteiger partial charge on any atom is -0.491 e. The second-order valence-corrected chi connectivity index (χ2v) is 6.55. The Morgan fingerprint density at radius 2 is 2.15 bits per heavy atom. The Hall–Kier alpha value is -2.67. The van der Waals surface area contributed by atoms with Crippen LogP contribution in [0, 0.1) is 0 Å². The largest absolute Gasteiger partial charge is 0.491 e. The predicted octanol–water partition coefficient (Wildman–Crippen LogP) is 3.69. The molecule has 2 rings (SSSR count). The van der Waals surface area contributed by atoms with E-state index in [0.717, 1.165) is 11.3 Å². The fourth-order valence-corrected chi connectivity index (χ4v) is 2.80. The first-order valence-electron chi connectivity index (χ1n) is 8.32. The molecular weight excluding hydrogens is 352 g/mol. The SMILES string of the molecule is CCOC(=O)Cc1csc(NC(=O)/C=C/c2cccc(OC(C)C)c2)n1. The summed E-state index contributed by atoms with van der Waals surface area (Å²) >= 11 is 1.26. The Morgan fingerprint density at radius 1 is 1.35 bits per heavy atom. The van der Waals surface area contributed by atoms with Crippen LogP contribution in [-0.4, -0.2) is 29.6 Å². The Morgan fingerprint density at radius 3 is 2.88 bits per heavy atom. The molecule has 1 aromatic heterocycles. The van der Waals surface area contributed by atoms with Gasteiger partial charge in [0.15, 0.2) is 5.13 Å². The number of hydrogen-bond acceptors (Lipinski definition) is 6. The van der Waals surface area contributed by atoms with Crippen LogP contribution in [0.5, 0.6) is 5.75 Å². The van der Waals surface area contributed by atoms with Crippen molar-refractivity contribution in [1.82, 2.24) is 4.98 Å². The minimum absolute atomic E-state index is 0.0891. The number of esters is 1. The van der Waals surface area contributed by atoms with E-state index in [1.807, 2.05) is 38.1 Å². The molecule has 0 bridgehead atoms. The van der Waals surface area contributed by atoms with E-state index in [2.05, 4.69) is 10.3 Å². The van der Waals surface area contributed by atoms with E-state index in [4.69, 9.17) is 9.47 Å². The Kier molecular flexibility index (Phi) is 7.35. The van der Waals surface area contributed by atoms with Crippen LogP contribution in [0.1, 0.15) is 32.0 Å². The van der Waals surface area contributed by atoms with Gasteiger partial charge in [-0.25, -0.2) is 4.98 Å². The quantitative estimate of drug-likeness (QED) is 0.563. The second kappa shape index (κ2) is 9.72. The molecule has 0 spiro atoms. The number of carbonyl (C=O) groups excluding carboxylic acids is 2. The second-order valence-electron chi connectivity index (χ2n) is 5.69. The van der Waals surface area contributed by atoms with Crippen LogP contribution in [0.4, 0.5) is 5.13 Å². The zero-order valence-electron chi connectivity index (χ0n) is 15.0. The molecule has 7 heteroatoms. The van der Waals surface area contributed by atoms with Gasteiger partial charge >= 0.3 is 5.97 Å². The van der Waals surface area contributed by atoms with Crippen LogP contribution in [0.3, 0.4) is 0 Å². The molecule has 1 amide bonds. The third kappa shape index (κ3) is 6.68. The fourth-order valence-electron chi connectivity index (χ4n) is 2.09. The van der Waals surface area contributed by atoms with Crippen molar-refractivity contribution < 1.29 is 19.1 Å². The van der Waals surface area contributed by atoms with Gasteiger partial charge in [-0.2, -0.15) is 0 Å². The number of aromatic nitrogens is 1. The molecule has 2 aromatic rings. The topological polar surface area (TPSA) is 77.5 Å². The number of carbonyl (C=O) groups is 2. The first-order valence-corrected chi connectivity index (χ1v) is 9.20. The number of thiazole rings is 1. The van der Waals surface area contributed by atoms with Gasteiger partial charge in [0, 0.05) is 11.5 Å². The number of rotatable bonds is 8. The number of hydrogen-bond donors (Lipinski definition) is 1. The van der Waals surface area contributed by atoms with Gasteiger partial charge in [-0.1, -0.05) is 12.1 Å². The molecule has 0 unspecified atom stereocenters. The molecule has 0 saturated heterocycles. The molecule has 1 N–H and O–H groups in total. The predicted molar refractivity (Wildman–Crippen MR) is 102 cm³/mol. The van der Waals surface area contributed by atoms with Crippen molar-refractivity contribution >= 4 is 34.4 Å². The minimum atomic E-state index is -0.334. The van der Waals surface area contributed by atoms with Crippen molar-refractivity contribution in [2.24, 2.45) is 0 Å². The summed E-state index contributed by atoms with van der Waals surface area (Å²) in [5, 5.41) is 4.85. The molecule has 0 aliphatic carbocycles. The first kappa shape index (κ1) is 19.7. The molecule has 26 heavy (non-hydrogen) atoms. The van der Waals surface area contributed by atoms with Crippen LogP contribution in [-0.2, 0) is 20.7 Å². The van der Waals surface area contributed by atoms with Crippen LogP contribution < -0.4 is 10.1 Å². The van der Waals surface area contributed by atoms with Gasteiger partial charge in [0.05, 0.1) is 24.8 Å². The van der Waals surface area contributed by atoms with Gasteiger partial charge in [-0.15, -0.1) is 11.3 Å². The van der Waals surface area contributed by atoms with Crippen molar-refractivity contribution in [2.45, 2.75) is 33.3 Å². The number of anilines is 1. The van der Waals surface area contributed by atoms with Gasteiger partial charge in [0.2, 0.25) is 5.91 Å². The molecule has 0 saturated carbocycles. The molecule has 1 heterocycles. The molecule has 0 aliphatic heterocycles. The van der Waals surface area contributed by atoms with Crippen molar-refractivity contribution in [3.05, 3.63) is 47.0 Å². The zero-order valence-corrected chi connectivity index (χ0v) is 15.8. The van der Waals surface area contributed by atoms with E-state index in [-0.39, 0.29) is 24.4 Å². The highest BCUT2D eigenvalue weighted by molar-refractivity contribution is 7.14. The smallest absolute Gasteiger partial charge is 0.311 e. The van der Waals surface area contributed by atoms with Gasteiger partial charge in [0.25, 0.3) is 0 Å². The maximum absolute atomic E-state index is 12.0. The highest BCUT2D eigenvalue weighted by atomic mass is 32.1.